The summed E-state index contributed by atoms with van der Waals surface area (Å²) in [6.07, 6.45) is 7.12. The van der Waals surface area contributed by atoms with Crippen LogP contribution < -0.4 is 0 Å². The van der Waals surface area contributed by atoms with Gasteiger partial charge < -0.3 is 9.47 Å². The third kappa shape index (κ3) is 8.52. The van der Waals surface area contributed by atoms with Crippen LogP contribution in [0.15, 0.2) is 24.3 Å². The summed E-state index contributed by atoms with van der Waals surface area (Å²) >= 11 is 0. The van der Waals surface area contributed by atoms with E-state index in [0.29, 0.717) is 6.42 Å². The normalized spacial score (nSPS) is 10.7. The Balaban J connectivity index is 3.48. The van der Waals surface area contributed by atoms with Gasteiger partial charge >= 0.3 is 11.9 Å². The van der Waals surface area contributed by atoms with E-state index < -0.39 is 0 Å². The highest BCUT2D eigenvalue weighted by molar-refractivity contribution is 5.81. The Morgan fingerprint density at radius 1 is 1.21 bits per heavy atom. The molecule has 4 heteroatoms. The first-order chi connectivity index (χ1) is 6.66. The minimum absolute atomic E-state index is 0.265. The molecule has 0 aliphatic rings. The Morgan fingerprint density at radius 2 is 1.93 bits per heavy atom. The lowest BCUT2D eigenvalue weighted by molar-refractivity contribution is -0.139. The van der Waals surface area contributed by atoms with Crippen molar-refractivity contribution >= 4 is 11.9 Å². The molecule has 0 aromatic heterocycles. The lowest BCUT2D eigenvalue weighted by Crippen LogP contribution is -1.97. The molecule has 0 heterocycles. The Labute approximate surface area is 83.2 Å². The van der Waals surface area contributed by atoms with Gasteiger partial charge in [-0.25, -0.2) is 4.79 Å². The highest BCUT2D eigenvalue weighted by Crippen LogP contribution is 1.88. The van der Waals surface area contributed by atoms with E-state index in [1.54, 1.807) is 18.2 Å². The first-order valence-corrected chi connectivity index (χ1v) is 4.19. The zero-order chi connectivity index (χ0) is 10.8. The molecule has 14 heavy (non-hydrogen) atoms. The molecule has 0 amide bonds. The molecule has 0 unspecified atom stereocenters. The Morgan fingerprint density at radius 3 is 2.50 bits per heavy atom. The Kier molecular flexibility index (Phi) is 7.13. The predicted molar refractivity (Wildman–Crippen MR) is 51.5 cm³/mol. The van der Waals surface area contributed by atoms with Crippen molar-refractivity contribution in [1.29, 1.82) is 0 Å². The van der Waals surface area contributed by atoms with Crippen molar-refractivity contribution in [2.75, 3.05) is 13.7 Å². The van der Waals surface area contributed by atoms with E-state index in [4.69, 9.17) is 0 Å². The molecular weight excluding hydrogens is 184 g/mol. The van der Waals surface area contributed by atoms with Crippen molar-refractivity contribution in [2.45, 2.75) is 13.3 Å². The number of carbonyl (C=O) groups is 2. The fraction of sp³-hybridized carbons (Fsp3) is 0.400. The summed E-state index contributed by atoms with van der Waals surface area (Å²) in [5.74, 6) is -0.682. The average molecular weight is 198 g/mol. The van der Waals surface area contributed by atoms with Gasteiger partial charge in [0.25, 0.3) is 0 Å². The third-order valence-corrected chi connectivity index (χ3v) is 1.28. The highest BCUT2D eigenvalue weighted by atomic mass is 16.5. The van der Waals surface area contributed by atoms with E-state index in [-0.39, 0.29) is 18.5 Å². The largest absolute Gasteiger partial charge is 0.466 e. The van der Waals surface area contributed by atoms with E-state index in [1.807, 2.05) is 0 Å². The van der Waals surface area contributed by atoms with Crippen LogP contribution in [0, 0.1) is 0 Å². The molecule has 4 nitrogen and oxygen atoms in total. The number of carbonyl (C=O) groups excluding carboxylic acids is 2. The number of esters is 2. The van der Waals surface area contributed by atoms with Gasteiger partial charge in [-0.3, -0.25) is 4.79 Å². The summed E-state index contributed by atoms with van der Waals surface area (Å²) in [7, 11) is 1.32. The predicted octanol–water partition coefficient (Wildman–Crippen LogP) is 1.22. The molecule has 0 bridgehead atoms. The number of allylic oxidation sites excluding steroid dienone is 2. The lowest BCUT2D eigenvalue weighted by Gasteiger charge is -1.93. The molecule has 0 fully saturated rings. The number of ether oxygens (including phenoxy) is 2. The molecule has 0 radical (unpaired) electrons. The monoisotopic (exact) mass is 198 g/mol. The number of methoxy groups -OCH3 is 1. The van der Waals surface area contributed by atoms with Crippen molar-refractivity contribution < 1.29 is 19.1 Å². The molecular formula is C10H14O4. The summed E-state index contributed by atoms with van der Waals surface area (Å²) in [5, 5.41) is 0. The fourth-order valence-electron chi connectivity index (χ4n) is 0.641. The van der Waals surface area contributed by atoms with Crippen LogP contribution in [-0.4, -0.2) is 25.7 Å². The molecule has 0 aliphatic heterocycles. The summed E-state index contributed by atoms with van der Waals surface area (Å²) in [4.78, 5) is 20.9. The van der Waals surface area contributed by atoms with Crippen LogP contribution in [0.2, 0.25) is 0 Å². The molecule has 0 spiro atoms. The summed E-state index contributed by atoms with van der Waals surface area (Å²) in [6.45, 7) is 1.62. The van der Waals surface area contributed by atoms with Crippen LogP contribution in [0.25, 0.3) is 0 Å². The van der Waals surface area contributed by atoms with Crippen LogP contribution in [-0.2, 0) is 19.1 Å². The van der Waals surface area contributed by atoms with E-state index in [0.717, 1.165) is 0 Å². The Bertz CT molecular complexity index is 241. The van der Waals surface area contributed by atoms with Gasteiger partial charge in [-0.05, 0) is 6.42 Å². The van der Waals surface area contributed by atoms with Crippen molar-refractivity contribution in [3.05, 3.63) is 24.3 Å². The van der Waals surface area contributed by atoms with Crippen molar-refractivity contribution in [3.63, 3.8) is 0 Å². The van der Waals surface area contributed by atoms with Gasteiger partial charge in [-0.2, -0.15) is 0 Å². The summed E-state index contributed by atoms with van der Waals surface area (Å²) < 4.78 is 9.04. The van der Waals surface area contributed by atoms with Gasteiger partial charge in [-0.15, -0.1) is 0 Å². The van der Waals surface area contributed by atoms with E-state index >= 15 is 0 Å². The topological polar surface area (TPSA) is 52.6 Å². The molecule has 0 saturated heterocycles. The van der Waals surface area contributed by atoms with Crippen molar-refractivity contribution in [2.24, 2.45) is 0 Å². The molecule has 0 saturated carbocycles. The zero-order valence-electron chi connectivity index (χ0n) is 8.36. The highest BCUT2D eigenvalue weighted by Gasteiger charge is 1.88. The second kappa shape index (κ2) is 8.04. The van der Waals surface area contributed by atoms with Crippen LogP contribution in [0.1, 0.15) is 13.3 Å². The minimum atomic E-state index is -0.376. The van der Waals surface area contributed by atoms with Gasteiger partial charge in [0.1, 0.15) is 6.61 Å². The summed E-state index contributed by atoms with van der Waals surface area (Å²) in [6, 6.07) is 0. The van der Waals surface area contributed by atoms with Gasteiger partial charge in [0.05, 0.1) is 7.11 Å². The smallest absolute Gasteiger partial charge is 0.330 e. The molecule has 0 rings (SSSR count). The zero-order valence-corrected chi connectivity index (χ0v) is 8.36. The van der Waals surface area contributed by atoms with Gasteiger partial charge in [-0.1, -0.05) is 18.2 Å². The minimum Gasteiger partial charge on any atom is -0.466 e. The maximum atomic E-state index is 10.6. The number of hydrogen-bond donors (Lipinski definition) is 0. The molecule has 0 N–H and O–H groups in total. The first-order valence-electron chi connectivity index (χ1n) is 4.19. The number of rotatable bonds is 5. The standard InChI is InChI=1S/C10H14O4/c1-9(11)14-8-6-4-3-5-7-10(12)13-2/h4-7H,3,8H2,1-2H3. The second-order valence-electron chi connectivity index (χ2n) is 2.44. The summed E-state index contributed by atoms with van der Waals surface area (Å²) in [5.41, 5.74) is 0. The van der Waals surface area contributed by atoms with Crippen molar-refractivity contribution in [3.8, 4) is 0 Å². The molecule has 0 aliphatic carbocycles. The quantitative estimate of drug-likeness (QED) is 0.378. The van der Waals surface area contributed by atoms with Crippen LogP contribution in [0.5, 0.6) is 0 Å². The van der Waals surface area contributed by atoms with Gasteiger partial charge in [0.2, 0.25) is 0 Å². The molecule has 0 aromatic rings. The SMILES string of the molecule is COC(=O)C=CCC=CCOC(C)=O. The lowest BCUT2D eigenvalue weighted by atomic mass is 10.3. The van der Waals surface area contributed by atoms with Crippen LogP contribution >= 0.6 is 0 Å². The van der Waals surface area contributed by atoms with Crippen LogP contribution in [0.4, 0.5) is 0 Å². The molecule has 0 aromatic carbocycles. The third-order valence-electron chi connectivity index (χ3n) is 1.28. The van der Waals surface area contributed by atoms with Crippen LogP contribution in [0.3, 0.4) is 0 Å². The van der Waals surface area contributed by atoms with E-state index in [9.17, 15) is 9.59 Å². The maximum absolute atomic E-state index is 10.6. The molecule has 0 atom stereocenters. The number of hydrogen-bond acceptors (Lipinski definition) is 4. The first kappa shape index (κ1) is 12.4. The van der Waals surface area contributed by atoms with Crippen molar-refractivity contribution in [1.82, 2.24) is 0 Å². The molecule has 78 valence electrons. The maximum Gasteiger partial charge on any atom is 0.330 e. The second-order valence-corrected chi connectivity index (χ2v) is 2.44. The van der Waals surface area contributed by atoms with Gasteiger partial charge in [0.15, 0.2) is 0 Å². The van der Waals surface area contributed by atoms with Gasteiger partial charge in [0, 0.05) is 13.0 Å². The fourth-order valence-corrected chi connectivity index (χ4v) is 0.641. The van der Waals surface area contributed by atoms with E-state index in [2.05, 4.69) is 9.47 Å². The average Bonchev–Trinajstić information content (AvgIpc) is 2.15. The van der Waals surface area contributed by atoms with E-state index in [1.165, 1.54) is 20.1 Å². The Hall–Kier alpha value is -1.58.